The van der Waals surface area contributed by atoms with Crippen molar-refractivity contribution in [2.75, 3.05) is 9.80 Å². The zero-order valence-corrected chi connectivity index (χ0v) is 16.1. The minimum Gasteiger partial charge on any atom is -0.477 e. The maximum atomic E-state index is 4.87. The molecule has 5 heteroatoms. The number of anilines is 4. The van der Waals surface area contributed by atoms with Gasteiger partial charge in [0.2, 0.25) is 0 Å². The first-order valence-corrected chi connectivity index (χ1v) is 8.12. The molecule has 0 saturated carbocycles. The van der Waals surface area contributed by atoms with Crippen molar-refractivity contribution in [2.45, 2.75) is 7.43 Å². The molecule has 4 nitrogen and oxygen atoms in total. The van der Waals surface area contributed by atoms with Crippen LogP contribution in [-0.4, -0.2) is 9.97 Å². The fourth-order valence-corrected chi connectivity index (χ4v) is 3.02. The maximum absolute atomic E-state index is 4.87. The van der Waals surface area contributed by atoms with Gasteiger partial charge in [-0.15, -0.1) is 12.4 Å². The summed E-state index contributed by atoms with van der Waals surface area (Å²) < 4.78 is 0. The fraction of sp³-hybridized carbons (Fsp3) is 0.0455. The fourth-order valence-electron chi connectivity index (χ4n) is 3.02. The van der Waals surface area contributed by atoms with Gasteiger partial charge in [-0.3, -0.25) is 0 Å². The molecule has 0 spiro atoms. The Balaban J connectivity index is 0.00000105. The predicted molar refractivity (Wildman–Crippen MR) is 107 cm³/mol. The molecule has 1 aliphatic heterocycles. The van der Waals surface area contributed by atoms with Crippen LogP contribution >= 0.6 is 0 Å². The van der Waals surface area contributed by atoms with Crippen molar-refractivity contribution in [2.24, 2.45) is 0 Å². The summed E-state index contributed by atoms with van der Waals surface area (Å²) in [6.07, 6.45) is 0. The van der Waals surface area contributed by atoms with Crippen LogP contribution in [0.4, 0.5) is 23.0 Å². The molecule has 0 fully saturated rings. The van der Waals surface area contributed by atoms with Crippen molar-refractivity contribution in [3.05, 3.63) is 91.6 Å². The van der Waals surface area contributed by atoms with E-state index in [-0.39, 0.29) is 27.5 Å². The second-order valence-corrected chi connectivity index (χ2v) is 5.80. The van der Waals surface area contributed by atoms with E-state index in [4.69, 9.17) is 9.97 Å². The maximum Gasteiger partial charge on any atom is 0.146 e. The Labute approximate surface area is 172 Å². The molecule has 1 aromatic heterocycles. The number of nitrogens with zero attached hydrogens (tertiary/aromatic N) is 4. The SMILES string of the molecule is C.[Ir].[c-]1ccccc1N1[CH-]N(c2ccccc2)c2nc3ccccc3nc21. The minimum absolute atomic E-state index is 0. The number of benzene rings is 3. The van der Waals surface area contributed by atoms with Gasteiger partial charge in [-0.2, -0.15) is 30.3 Å². The van der Waals surface area contributed by atoms with Gasteiger partial charge in [0.05, 0.1) is 11.0 Å². The van der Waals surface area contributed by atoms with Crippen LogP contribution in [0.15, 0.2) is 78.9 Å². The monoisotopic (exact) mass is 531 g/mol. The molecule has 4 aromatic rings. The Bertz CT molecular complexity index is 954. The smallest absolute Gasteiger partial charge is 0.146 e. The van der Waals surface area contributed by atoms with Gasteiger partial charge in [-0.25, -0.2) is 9.97 Å². The summed E-state index contributed by atoms with van der Waals surface area (Å²) in [5.41, 5.74) is 3.75. The Kier molecular flexibility index (Phi) is 5.54. The third kappa shape index (κ3) is 3.32. The van der Waals surface area contributed by atoms with Crippen molar-refractivity contribution in [1.82, 2.24) is 9.97 Å². The van der Waals surface area contributed by atoms with E-state index in [9.17, 15) is 0 Å². The molecule has 0 atom stereocenters. The van der Waals surface area contributed by atoms with Gasteiger partial charge in [0.25, 0.3) is 0 Å². The zero-order valence-electron chi connectivity index (χ0n) is 13.7. The van der Waals surface area contributed by atoms with Crippen LogP contribution in [0, 0.1) is 12.7 Å². The first-order valence-electron chi connectivity index (χ1n) is 8.12. The first kappa shape index (κ1) is 19.0. The average molecular weight is 531 g/mol. The van der Waals surface area contributed by atoms with Crippen LogP contribution in [-0.2, 0) is 20.1 Å². The minimum atomic E-state index is 0. The van der Waals surface area contributed by atoms with Crippen LogP contribution in [0.2, 0.25) is 0 Å². The van der Waals surface area contributed by atoms with E-state index >= 15 is 0 Å². The largest absolute Gasteiger partial charge is 0.477 e. The van der Waals surface area contributed by atoms with Crippen LogP contribution in [0.1, 0.15) is 7.43 Å². The molecule has 1 radical (unpaired) electrons. The van der Waals surface area contributed by atoms with Crippen molar-refractivity contribution in [1.29, 1.82) is 0 Å². The van der Waals surface area contributed by atoms with E-state index in [1.54, 1.807) is 0 Å². The first-order chi connectivity index (χ1) is 12.4. The molecule has 3 aromatic carbocycles. The summed E-state index contributed by atoms with van der Waals surface area (Å²) >= 11 is 0. The van der Waals surface area contributed by atoms with E-state index in [1.807, 2.05) is 78.3 Å². The normalized spacial score (nSPS) is 12.3. The molecule has 27 heavy (non-hydrogen) atoms. The summed E-state index contributed by atoms with van der Waals surface area (Å²) in [6, 6.07) is 29.3. The Morgan fingerprint density at radius 2 is 1.30 bits per heavy atom. The van der Waals surface area contributed by atoms with E-state index in [2.05, 4.69) is 23.1 Å². The standard InChI is InChI=1S/C21H14N4.CH4.Ir/c1-3-9-16(10-4-1)24-15-25(17-11-5-2-6-12-17)21-20(24)22-18-13-7-8-14-19(18)23-21;;/h1-11,13-15H;1H4;/q-2;;. The third-order valence-corrected chi connectivity index (χ3v) is 4.21. The number of rotatable bonds is 2. The Morgan fingerprint density at radius 1 is 0.704 bits per heavy atom. The molecule has 1 aliphatic rings. The molecule has 5 rings (SSSR count). The van der Waals surface area contributed by atoms with Gasteiger partial charge < -0.3 is 9.80 Å². The van der Waals surface area contributed by atoms with Crippen molar-refractivity contribution < 1.29 is 20.1 Å². The third-order valence-electron chi connectivity index (χ3n) is 4.21. The van der Waals surface area contributed by atoms with Crippen molar-refractivity contribution >= 4 is 34.0 Å². The Hall–Kier alpha value is -2.75. The molecule has 137 valence electrons. The zero-order chi connectivity index (χ0) is 16.6. The summed E-state index contributed by atoms with van der Waals surface area (Å²) in [7, 11) is 0. The number of fused-ring (bicyclic) bond motifs is 2. The number of hydrogen-bond donors (Lipinski definition) is 0. The van der Waals surface area contributed by atoms with E-state index in [1.165, 1.54) is 0 Å². The summed E-state index contributed by atoms with van der Waals surface area (Å²) in [5, 5.41) is 0. The van der Waals surface area contributed by atoms with Crippen LogP contribution in [0.25, 0.3) is 11.0 Å². The molecular formula is C22H18IrN4-2. The van der Waals surface area contributed by atoms with Gasteiger partial charge in [-0.05, 0) is 24.3 Å². The molecule has 0 amide bonds. The van der Waals surface area contributed by atoms with Gasteiger partial charge in [0, 0.05) is 25.8 Å². The quantitative estimate of drug-likeness (QED) is 0.322. The Morgan fingerprint density at radius 3 is 1.93 bits per heavy atom. The summed E-state index contributed by atoms with van der Waals surface area (Å²) in [5.74, 6) is 1.63. The second kappa shape index (κ2) is 7.87. The molecule has 0 bridgehead atoms. The van der Waals surface area contributed by atoms with Crippen LogP contribution in [0.5, 0.6) is 0 Å². The van der Waals surface area contributed by atoms with E-state index in [0.29, 0.717) is 0 Å². The average Bonchev–Trinajstić information content (AvgIpc) is 3.06. The molecule has 0 aliphatic carbocycles. The molecule has 0 N–H and O–H groups in total. The van der Waals surface area contributed by atoms with Crippen molar-refractivity contribution in [3.8, 4) is 0 Å². The molecule has 0 unspecified atom stereocenters. The van der Waals surface area contributed by atoms with Crippen LogP contribution < -0.4 is 9.80 Å². The summed E-state index contributed by atoms with van der Waals surface area (Å²) in [6.45, 7) is 2.02. The number of para-hydroxylation sites is 4. The van der Waals surface area contributed by atoms with Gasteiger partial charge >= 0.3 is 0 Å². The predicted octanol–water partition coefficient (Wildman–Crippen LogP) is 5.47. The molecule has 2 heterocycles. The van der Waals surface area contributed by atoms with Gasteiger partial charge in [0.15, 0.2) is 0 Å². The van der Waals surface area contributed by atoms with Gasteiger partial charge in [-0.1, -0.05) is 37.8 Å². The van der Waals surface area contributed by atoms with Crippen molar-refractivity contribution in [3.63, 3.8) is 0 Å². The van der Waals surface area contributed by atoms with Crippen LogP contribution in [0.3, 0.4) is 0 Å². The number of aromatic nitrogens is 2. The molecular weight excluding hydrogens is 512 g/mol. The second-order valence-electron chi connectivity index (χ2n) is 5.80. The number of hydrogen-bond acceptors (Lipinski definition) is 4. The van der Waals surface area contributed by atoms with E-state index < -0.39 is 0 Å². The van der Waals surface area contributed by atoms with Gasteiger partial charge in [0.1, 0.15) is 11.6 Å². The summed E-state index contributed by atoms with van der Waals surface area (Å²) in [4.78, 5) is 13.8. The molecule has 0 saturated heterocycles. The van der Waals surface area contributed by atoms with E-state index in [0.717, 1.165) is 34.0 Å². The topological polar surface area (TPSA) is 32.3 Å².